The second-order valence-electron chi connectivity index (χ2n) is 3.78. The van der Waals surface area contributed by atoms with E-state index in [4.69, 9.17) is 9.47 Å². The van der Waals surface area contributed by atoms with Crippen LogP contribution in [0.4, 0.5) is 5.95 Å². The van der Waals surface area contributed by atoms with Crippen LogP contribution >= 0.6 is 11.3 Å². The van der Waals surface area contributed by atoms with Gasteiger partial charge < -0.3 is 14.8 Å². The van der Waals surface area contributed by atoms with Gasteiger partial charge in [0.25, 0.3) is 0 Å². The van der Waals surface area contributed by atoms with Gasteiger partial charge in [0, 0.05) is 24.0 Å². The van der Waals surface area contributed by atoms with Gasteiger partial charge in [0.2, 0.25) is 5.95 Å². The first-order valence-electron chi connectivity index (χ1n) is 5.70. The van der Waals surface area contributed by atoms with Crippen LogP contribution in [0.15, 0.2) is 11.6 Å². The van der Waals surface area contributed by atoms with Gasteiger partial charge in [-0.2, -0.15) is 9.97 Å². The summed E-state index contributed by atoms with van der Waals surface area (Å²) in [6, 6.07) is 0.438. The Hall–Kier alpha value is -1.96. The molecule has 1 unspecified atom stereocenters. The third-order valence-corrected chi connectivity index (χ3v) is 3.41. The Kier molecular flexibility index (Phi) is 4.45. The highest BCUT2D eigenvalue weighted by Crippen LogP contribution is 2.18. The number of hydrogen-bond donors (Lipinski definition) is 1. The monoisotopic (exact) mass is 281 g/mol. The van der Waals surface area contributed by atoms with Crippen molar-refractivity contribution >= 4 is 17.3 Å². The van der Waals surface area contributed by atoms with E-state index in [2.05, 4.69) is 32.2 Å². The summed E-state index contributed by atoms with van der Waals surface area (Å²) in [6.45, 7) is 2.76. The van der Waals surface area contributed by atoms with E-state index in [0.717, 1.165) is 5.01 Å². The van der Waals surface area contributed by atoms with Crippen LogP contribution in [0, 0.1) is 0 Å². The van der Waals surface area contributed by atoms with Crippen molar-refractivity contribution in [3.05, 3.63) is 16.6 Å². The number of anilines is 1. The second-order valence-corrected chi connectivity index (χ2v) is 4.71. The van der Waals surface area contributed by atoms with Crippen molar-refractivity contribution in [2.75, 3.05) is 26.1 Å². The summed E-state index contributed by atoms with van der Waals surface area (Å²) in [4.78, 5) is 16.4. The molecular formula is C11H15N5O2S. The van der Waals surface area contributed by atoms with Gasteiger partial charge >= 0.3 is 12.0 Å². The summed E-state index contributed by atoms with van der Waals surface area (Å²) >= 11 is 1.63. The van der Waals surface area contributed by atoms with Gasteiger partial charge in [-0.05, 0) is 0 Å². The van der Waals surface area contributed by atoms with Crippen LogP contribution in [-0.4, -0.2) is 40.7 Å². The Morgan fingerprint density at radius 2 is 1.89 bits per heavy atom. The van der Waals surface area contributed by atoms with E-state index in [0.29, 0.717) is 12.5 Å². The zero-order valence-electron chi connectivity index (χ0n) is 11.0. The van der Waals surface area contributed by atoms with Crippen LogP contribution in [0.25, 0.3) is 0 Å². The number of aromatic nitrogens is 4. The number of methoxy groups -OCH3 is 2. The lowest BCUT2D eigenvalue weighted by atomic mass is 10.2. The van der Waals surface area contributed by atoms with Gasteiger partial charge in [0.05, 0.1) is 19.2 Å². The number of thiazole rings is 1. The molecule has 0 spiro atoms. The number of nitrogens with one attached hydrogen (secondary N) is 1. The van der Waals surface area contributed by atoms with Gasteiger partial charge in [-0.15, -0.1) is 16.3 Å². The standard InChI is InChI=1S/C11H15N5O2S/c1-7(8-12-4-5-19-8)6-13-9-14-10(17-2)16-11(15-9)18-3/h4-5,7H,6H2,1-3H3,(H,13,14,15,16). The van der Waals surface area contributed by atoms with Crippen LogP contribution in [0.3, 0.4) is 0 Å². The van der Waals surface area contributed by atoms with Crippen LogP contribution in [0.2, 0.25) is 0 Å². The minimum absolute atomic E-state index is 0.219. The van der Waals surface area contributed by atoms with E-state index in [1.165, 1.54) is 14.2 Å². The van der Waals surface area contributed by atoms with Crippen LogP contribution in [0.1, 0.15) is 17.8 Å². The first-order valence-corrected chi connectivity index (χ1v) is 6.58. The summed E-state index contributed by atoms with van der Waals surface area (Å²) in [5.74, 6) is 0.695. The van der Waals surface area contributed by atoms with Gasteiger partial charge in [0.1, 0.15) is 0 Å². The molecule has 0 bridgehead atoms. The molecule has 0 aliphatic carbocycles. The molecule has 2 aromatic heterocycles. The lowest BCUT2D eigenvalue weighted by Gasteiger charge is -2.10. The lowest BCUT2D eigenvalue weighted by Crippen LogP contribution is -2.13. The minimum atomic E-state index is 0.219. The summed E-state index contributed by atoms with van der Waals surface area (Å²) in [7, 11) is 2.99. The largest absolute Gasteiger partial charge is 0.467 e. The molecule has 7 nitrogen and oxygen atoms in total. The Morgan fingerprint density at radius 3 is 2.42 bits per heavy atom. The van der Waals surface area contributed by atoms with E-state index in [1.54, 1.807) is 17.5 Å². The Labute approximate surface area is 115 Å². The average molecular weight is 281 g/mol. The molecular weight excluding hydrogens is 266 g/mol. The number of rotatable bonds is 6. The van der Waals surface area contributed by atoms with Crippen molar-refractivity contribution in [2.24, 2.45) is 0 Å². The van der Waals surface area contributed by atoms with Crippen LogP contribution < -0.4 is 14.8 Å². The highest BCUT2D eigenvalue weighted by atomic mass is 32.1. The van der Waals surface area contributed by atoms with E-state index in [1.807, 2.05) is 5.38 Å². The molecule has 2 rings (SSSR count). The molecule has 1 N–H and O–H groups in total. The Morgan fingerprint density at radius 1 is 1.21 bits per heavy atom. The van der Waals surface area contributed by atoms with Crippen molar-refractivity contribution in [3.63, 3.8) is 0 Å². The number of nitrogens with zero attached hydrogens (tertiary/aromatic N) is 4. The molecule has 1 atom stereocenters. The third kappa shape index (κ3) is 3.50. The molecule has 2 heterocycles. The maximum absolute atomic E-state index is 4.98. The predicted molar refractivity (Wildman–Crippen MR) is 71.9 cm³/mol. The fourth-order valence-corrected chi connectivity index (χ4v) is 2.11. The van der Waals surface area contributed by atoms with Gasteiger partial charge in [-0.1, -0.05) is 6.92 Å². The van der Waals surface area contributed by atoms with Crippen molar-refractivity contribution in [1.82, 2.24) is 19.9 Å². The van der Waals surface area contributed by atoms with Crippen molar-refractivity contribution in [1.29, 1.82) is 0 Å². The molecule has 0 fully saturated rings. The molecule has 102 valence electrons. The van der Waals surface area contributed by atoms with E-state index < -0.39 is 0 Å². The summed E-state index contributed by atoms with van der Waals surface area (Å²) in [6.07, 6.45) is 1.80. The maximum atomic E-state index is 4.98. The summed E-state index contributed by atoms with van der Waals surface area (Å²) in [5.41, 5.74) is 0. The molecule has 0 radical (unpaired) electrons. The Balaban J connectivity index is 2.02. The molecule has 0 aromatic carbocycles. The fourth-order valence-electron chi connectivity index (χ4n) is 1.41. The van der Waals surface area contributed by atoms with Gasteiger partial charge in [0.15, 0.2) is 0 Å². The molecule has 0 aliphatic rings. The van der Waals surface area contributed by atoms with Crippen LogP contribution in [0.5, 0.6) is 12.0 Å². The molecule has 2 aromatic rings. The number of hydrogen-bond acceptors (Lipinski definition) is 8. The molecule has 8 heteroatoms. The quantitative estimate of drug-likeness (QED) is 0.860. The SMILES string of the molecule is COc1nc(NCC(C)c2nccs2)nc(OC)n1. The zero-order chi connectivity index (χ0) is 13.7. The van der Waals surface area contributed by atoms with Crippen molar-refractivity contribution in [2.45, 2.75) is 12.8 Å². The highest BCUT2D eigenvalue weighted by molar-refractivity contribution is 7.09. The van der Waals surface area contributed by atoms with E-state index in [-0.39, 0.29) is 17.9 Å². The normalized spacial score (nSPS) is 11.9. The molecule has 0 saturated heterocycles. The first-order chi connectivity index (χ1) is 9.22. The third-order valence-electron chi connectivity index (χ3n) is 2.40. The summed E-state index contributed by atoms with van der Waals surface area (Å²) in [5, 5.41) is 6.16. The predicted octanol–water partition coefficient (Wildman–Crippen LogP) is 1.56. The molecule has 19 heavy (non-hydrogen) atoms. The maximum Gasteiger partial charge on any atom is 0.324 e. The minimum Gasteiger partial charge on any atom is -0.467 e. The molecule has 0 saturated carbocycles. The average Bonchev–Trinajstić information content (AvgIpc) is 2.98. The smallest absolute Gasteiger partial charge is 0.324 e. The second kappa shape index (κ2) is 6.28. The number of ether oxygens (including phenoxy) is 2. The van der Waals surface area contributed by atoms with Crippen LogP contribution in [-0.2, 0) is 0 Å². The first kappa shape index (κ1) is 13.5. The lowest BCUT2D eigenvalue weighted by molar-refractivity contribution is 0.341. The van der Waals surface area contributed by atoms with Gasteiger partial charge in [-0.3, -0.25) is 0 Å². The van der Waals surface area contributed by atoms with Crippen molar-refractivity contribution in [3.8, 4) is 12.0 Å². The van der Waals surface area contributed by atoms with Gasteiger partial charge in [-0.25, -0.2) is 4.98 Å². The highest BCUT2D eigenvalue weighted by Gasteiger charge is 2.11. The van der Waals surface area contributed by atoms with E-state index >= 15 is 0 Å². The van der Waals surface area contributed by atoms with Crippen molar-refractivity contribution < 1.29 is 9.47 Å². The topological polar surface area (TPSA) is 82.0 Å². The van der Waals surface area contributed by atoms with E-state index in [9.17, 15) is 0 Å². The zero-order valence-corrected chi connectivity index (χ0v) is 11.8. The molecule has 0 aliphatic heterocycles. The Bertz CT molecular complexity index is 498. The molecule has 0 amide bonds. The summed E-state index contributed by atoms with van der Waals surface area (Å²) < 4.78 is 9.97. The fraction of sp³-hybridized carbons (Fsp3) is 0.455.